The van der Waals surface area contributed by atoms with Crippen molar-refractivity contribution in [1.29, 1.82) is 0 Å². The zero-order valence-electron chi connectivity index (χ0n) is 10.6. The molecule has 0 aliphatic carbocycles. The molecule has 2 rings (SSSR count). The molecule has 1 amide bonds. The molecule has 2 aromatic rings. The fourth-order valence-electron chi connectivity index (χ4n) is 1.63. The van der Waals surface area contributed by atoms with E-state index in [-0.39, 0.29) is 18.9 Å². The highest BCUT2D eigenvalue weighted by Gasteiger charge is 2.09. The van der Waals surface area contributed by atoms with Crippen LogP contribution in [0.4, 0.5) is 5.82 Å². The van der Waals surface area contributed by atoms with E-state index in [1.807, 2.05) is 0 Å². The molecule has 0 saturated heterocycles. The maximum Gasteiger partial charge on any atom is 0.221 e. The van der Waals surface area contributed by atoms with E-state index >= 15 is 0 Å². The molecule has 0 aliphatic rings. The molecule has 2 aromatic heterocycles. The van der Waals surface area contributed by atoms with Crippen LogP contribution >= 0.6 is 0 Å². The van der Waals surface area contributed by atoms with E-state index in [2.05, 4.69) is 20.3 Å². The third kappa shape index (κ3) is 3.16. The minimum Gasteiger partial charge on any atom is -0.392 e. The monoisotopic (exact) mass is 264 g/mol. The molecule has 4 N–H and O–H groups in total. The highest BCUT2D eigenvalue weighted by atomic mass is 16.3. The predicted octanol–water partition coefficient (Wildman–Crippen LogP) is -0.704. The Morgan fingerprint density at radius 3 is 3.05 bits per heavy atom. The van der Waals surface area contributed by atoms with E-state index in [1.165, 1.54) is 6.33 Å². The lowest BCUT2D eigenvalue weighted by Gasteiger charge is -2.07. The predicted molar refractivity (Wildman–Crippen MR) is 69.0 cm³/mol. The zero-order chi connectivity index (χ0) is 13.8. The average molecular weight is 264 g/mol. The number of aliphatic hydroxyl groups excluding tert-OH is 1. The molecule has 0 aromatic carbocycles. The summed E-state index contributed by atoms with van der Waals surface area (Å²) in [5.41, 5.74) is 6.81. The Balaban J connectivity index is 1.99. The number of rotatable bonds is 5. The highest BCUT2D eigenvalue weighted by molar-refractivity contribution is 5.81. The molecule has 8 nitrogen and oxygen atoms in total. The van der Waals surface area contributed by atoms with Gasteiger partial charge in [-0.05, 0) is 6.92 Å². The lowest BCUT2D eigenvalue weighted by molar-refractivity contribution is -0.121. The fourth-order valence-corrected chi connectivity index (χ4v) is 1.63. The number of nitrogens with one attached hydrogen (secondary N) is 1. The Morgan fingerprint density at radius 1 is 1.53 bits per heavy atom. The van der Waals surface area contributed by atoms with Gasteiger partial charge in [0.25, 0.3) is 0 Å². The van der Waals surface area contributed by atoms with Crippen LogP contribution in [-0.4, -0.2) is 43.2 Å². The Morgan fingerprint density at radius 2 is 2.32 bits per heavy atom. The number of anilines is 1. The second kappa shape index (κ2) is 5.61. The summed E-state index contributed by atoms with van der Waals surface area (Å²) in [5, 5.41) is 11.7. The molecule has 19 heavy (non-hydrogen) atoms. The topological polar surface area (TPSA) is 119 Å². The molecule has 0 radical (unpaired) electrons. The normalized spacial score (nSPS) is 12.5. The van der Waals surface area contributed by atoms with Gasteiger partial charge in [0.05, 0.1) is 12.4 Å². The van der Waals surface area contributed by atoms with Crippen LogP contribution in [-0.2, 0) is 11.3 Å². The van der Waals surface area contributed by atoms with Crippen molar-refractivity contribution in [1.82, 2.24) is 24.8 Å². The number of nitrogens with zero attached hydrogens (tertiary/aromatic N) is 4. The quantitative estimate of drug-likeness (QED) is 0.656. The van der Waals surface area contributed by atoms with Gasteiger partial charge in [-0.3, -0.25) is 4.79 Å². The summed E-state index contributed by atoms with van der Waals surface area (Å²) in [7, 11) is 0. The minimum atomic E-state index is -0.550. The maximum atomic E-state index is 11.5. The SMILES string of the molecule is C[C@H](O)CNC(=O)CCn1cnc2c(N)ncnc21. The molecule has 8 heteroatoms. The molecular weight excluding hydrogens is 248 g/mol. The number of carbonyl (C=O) groups excluding carboxylic acids is 1. The Hall–Kier alpha value is -2.22. The molecule has 0 bridgehead atoms. The average Bonchev–Trinajstić information content (AvgIpc) is 2.78. The van der Waals surface area contributed by atoms with Gasteiger partial charge in [-0.2, -0.15) is 0 Å². The molecule has 1 atom stereocenters. The molecule has 0 spiro atoms. The number of nitrogens with two attached hydrogens (primary N) is 1. The molecule has 2 heterocycles. The van der Waals surface area contributed by atoms with Gasteiger partial charge in [-0.1, -0.05) is 0 Å². The Kier molecular flexibility index (Phi) is 3.91. The summed E-state index contributed by atoms with van der Waals surface area (Å²) < 4.78 is 1.75. The van der Waals surface area contributed by atoms with E-state index in [4.69, 9.17) is 10.8 Å². The first kappa shape index (κ1) is 13.2. The number of hydrogen-bond acceptors (Lipinski definition) is 6. The van der Waals surface area contributed by atoms with Crippen molar-refractivity contribution in [2.75, 3.05) is 12.3 Å². The number of fused-ring (bicyclic) bond motifs is 1. The number of aromatic nitrogens is 4. The zero-order valence-corrected chi connectivity index (χ0v) is 10.6. The van der Waals surface area contributed by atoms with E-state index < -0.39 is 6.10 Å². The summed E-state index contributed by atoms with van der Waals surface area (Å²) in [6.07, 6.45) is 2.67. The lowest BCUT2D eigenvalue weighted by Crippen LogP contribution is -2.31. The third-order valence-corrected chi connectivity index (χ3v) is 2.60. The van der Waals surface area contributed by atoms with Crippen molar-refractivity contribution >= 4 is 22.9 Å². The molecule has 0 aliphatic heterocycles. The minimum absolute atomic E-state index is 0.134. The standard InChI is InChI=1S/C11H16N6O2/c1-7(18)4-13-8(19)2-3-17-6-16-9-10(12)14-5-15-11(9)17/h5-7,18H,2-4H2,1H3,(H,13,19)(H2,12,14,15)/t7-/m0/s1. The number of nitrogen functional groups attached to an aromatic ring is 1. The van der Waals surface area contributed by atoms with E-state index in [1.54, 1.807) is 17.8 Å². The van der Waals surface area contributed by atoms with Gasteiger partial charge in [0.15, 0.2) is 11.5 Å². The number of imidazole rings is 1. The summed E-state index contributed by atoms with van der Waals surface area (Å²) in [6.45, 7) is 2.31. The first-order valence-electron chi connectivity index (χ1n) is 5.94. The van der Waals surface area contributed by atoms with Crippen molar-refractivity contribution < 1.29 is 9.90 Å². The smallest absolute Gasteiger partial charge is 0.221 e. The number of hydrogen-bond donors (Lipinski definition) is 3. The maximum absolute atomic E-state index is 11.5. The van der Waals surface area contributed by atoms with Crippen molar-refractivity contribution in [3.63, 3.8) is 0 Å². The number of aliphatic hydroxyl groups is 1. The Bertz CT molecular complexity index is 580. The molecule has 0 fully saturated rings. The van der Waals surface area contributed by atoms with E-state index in [9.17, 15) is 4.79 Å². The first-order valence-corrected chi connectivity index (χ1v) is 5.94. The van der Waals surface area contributed by atoms with Crippen molar-refractivity contribution in [3.8, 4) is 0 Å². The van der Waals surface area contributed by atoms with Crippen molar-refractivity contribution in [2.45, 2.75) is 26.0 Å². The van der Waals surface area contributed by atoms with Crippen LogP contribution in [0.5, 0.6) is 0 Å². The van der Waals surface area contributed by atoms with Gasteiger partial charge in [-0.15, -0.1) is 0 Å². The Labute approximate surface area is 109 Å². The van der Waals surface area contributed by atoms with Crippen LogP contribution in [0.3, 0.4) is 0 Å². The van der Waals surface area contributed by atoms with Crippen LogP contribution in [0, 0.1) is 0 Å². The third-order valence-electron chi connectivity index (χ3n) is 2.60. The summed E-state index contributed by atoms with van der Waals surface area (Å²) >= 11 is 0. The first-order chi connectivity index (χ1) is 9.08. The highest BCUT2D eigenvalue weighted by Crippen LogP contribution is 2.14. The van der Waals surface area contributed by atoms with Crippen LogP contribution in [0.1, 0.15) is 13.3 Å². The van der Waals surface area contributed by atoms with Crippen LogP contribution in [0.2, 0.25) is 0 Å². The van der Waals surface area contributed by atoms with Gasteiger partial charge < -0.3 is 20.7 Å². The van der Waals surface area contributed by atoms with Crippen LogP contribution in [0.25, 0.3) is 11.2 Å². The summed E-state index contributed by atoms with van der Waals surface area (Å²) in [5.74, 6) is 0.187. The van der Waals surface area contributed by atoms with Crippen molar-refractivity contribution in [2.24, 2.45) is 0 Å². The molecule has 0 saturated carbocycles. The van der Waals surface area contributed by atoms with Gasteiger partial charge in [0, 0.05) is 19.5 Å². The van der Waals surface area contributed by atoms with Crippen molar-refractivity contribution in [3.05, 3.63) is 12.7 Å². The largest absolute Gasteiger partial charge is 0.392 e. The number of amides is 1. The van der Waals surface area contributed by atoms with Gasteiger partial charge in [0.1, 0.15) is 11.8 Å². The van der Waals surface area contributed by atoms with Crippen LogP contribution in [0.15, 0.2) is 12.7 Å². The van der Waals surface area contributed by atoms with Crippen LogP contribution < -0.4 is 11.1 Å². The molecular formula is C11H16N6O2. The molecule has 102 valence electrons. The summed E-state index contributed by atoms with van der Waals surface area (Å²) in [6, 6.07) is 0. The van der Waals surface area contributed by atoms with Gasteiger partial charge in [-0.25, -0.2) is 15.0 Å². The van der Waals surface area contributed by atoms with Gasteiger partial charge in [0.2, 0.25) is 5.91 Å². The fraction of sp³-hybridized carbons (Fsp3) is 0.455. The number of aryl methyl sites for hydroxylation is 1. The van der Waals surface area contributed by atoms with Gasteiger partial charge >= 0.3 is 0 Å². The number of carbonyl (C=O) groups is 1. The van der Waals surface area contributed by atoms with E-state index in [0.717, 1.165) is 0 Å². The lowest BCUT2D eigenvalue weighted by atomic mass is 10.3. The second-order valence-electron chi connectivity index (χ2n) is 4.27. The second-order valence-corrected chi connectivity index (χ2v) is 4.27. The summed E-state index contributed by atoms with van der Waals surface area (Å²) in [4.78, 5) is 23.6. The molecule has 0 unspecified atom stereocenters. The van der Waals surface area contributed by atoms with E-state index in [0.29, 0.717) is 23.5 Å².